The Morgan fingerprint density at radius 2 is 2.07 bits per heavy atom. The molecule has 8 nitrogen and oxygen atoms in total. The Kier molecular flexibility index (Phi) is 5.41. The monoisotopic (exact) mass is 390 g/mol. The third-order valence-electron chi connectivity index (χ3n) is 4.25. The van der Waals surface area contributed by atoms with Crippen molar-refractivity contribution in [3.8, 4) is 5.75 Å². The van der Waals surface area contributed by atoms with Crippen molar-refractivity contribution < 1.29 is 24.0 Å². The highest BCUT2D eigenvalue weighted by molar-refractivity contribution is 7.14. The Labute approximate surface area is 159 Å². The summed E-state index contributed by atoms with van der Waals surface area (Å²) in [5.41, 5.74) is 1.11. The summed E-state index contributed by atoms with van der Waals surface area (Å²) in [4.78, 5) is 36.7. The van der Waals surface area contributed by atoms with Crippen LogP contribution in [0.5, 0.6) is 5.75 Å². The summed E-state index contributed by atoms with van der Waals surface area (Å²) in [5, 5.41) is 13.4. The molecule has 1 aliphatic rings. The van der Waals surface area contributed by atoms with Gasteiger partial charge in [-0.1, -0.05) is 0 Å². The van der Waals surface area contributed by atoms with Crippen molar-refractivity contribution in [2.24, 2.45) is 0 Å². The van der Waals surface area contributed by atoms with Gasteiger partial charge in [-0.05, 0) is 43.9 Å². The number of thiophene rings is 1. The van der Waals surface area contributed by atoms with Crippen LogP contribution in [0.1, 0.15) is 33.5 Å². The number of hydrogen-bond acceptors (Lipinski definition) is 7. The number of ether oxygens (including phenoxy) is 2. The number of methoxy groups -OCH3 is 1. The lowest BCUT2D eigenvalue weighted by atomic mass is 10.2. The van der Waals surface area contributed by atoms with Crippen molar-refractivity contribution in [3.63, 3.8) is 0 Å². The third-order valence-corrected chi connectivity index (χ3v) is 5.47. The highest BCUT2D eigenvalue weighted by atomic mass is 32.1. The molecule has 0 aliphatic heterocycles. The number of non-ortho nitro benzene ring substituents is 1. The number of nitrogens with zero attached hydrogens (tertiary/aromatic N) is 1. The average molecular weight is 390 g/mol. The fraction of sp³-hybridized carbons (Fsp3) is 0.333. The van der Waals surface area contributed by atoms with Crippen LogP contribution in [0.25, 0.3) is 0 Å². The fourth-order valence-electron chi connectivity index (χ4n) is 2.84. The normalized spacial score (nSPS) is 13.6. The van der Waals surface area contributed by atoms with Crippen LogP contribution >= 0.6 is 11.3 Å². The van der Waals surface area contributed by atoms with Crippen molar-refractivity contribution in [2.75, 3.05) is 12.4 Å². The van der Waals surface area contributed by atoms with E-state index in [1.165, 1.54) is 54.0 Å². The maximum Gasteiger partial charge on any atom is 0.349 e. The van der Waals surface area contributed by atoms with Crippen molar-refractivity contribution in [2.45, 2.75) is 32.3 Å². The number of anilines is 1. The van der Waals surface area contributed by atoms with E-state index in [0.29, 0.717) is 4.88 Å². The Hall–Kier alpha value is -2.94. The molecule has 27 heavy (non-hydrogen) atoms. The number of rotatable bonds is 6. The zero-order valence-corrected chi connectivity index (χ0v) is 15.6. The van der Waals surface area contributed by atoms with Crippen molar-refractivity contribution in [1.29, 1.82) is 0 Å². The van der Waals surface area contributed by atoms with Gasteiger partial charge in [0.25, 0.3) is 11.6 Å². The maximum atomic E-state index is 12.4. The Balaban J connectivity index is 1.67. The van der Waals surface area contributed by atoms with Crippen LogP contribution < -0.4 is 10.1 Å². The summed E-state index contributed by atoms with van der Waals surface area (Å²) in [6, 6.07) is 5.67. The van der Waals surface area contributed by atoms with Crippen LogP contribution in [0.3, 0.4) is 0 Å². The molecule has 142 valence electrons. The summed E-state index contributed by atoms with van der Waals surface area (Å²) in [6.45, 7) is 1.44. The molecule has 0 saturated carbocycles. The van der Waals surface area contributed by atoms with Gasteiger partial charge in [-0.15, -0.1) is 11.3 Å². The molecule has 1 amide bonds. The van der Waals surface area contributed by atoms with E-state index < -0.39 is 22.9 Å². The number of fused-ring (bicyclic) bond motifs is 1. The van der Waals surface area contributed by atoms with Crippen LogP contribution in [0.4, 0.5) is 11.4 Å². The Bertz CT molecular complexity index is 886. The first-order valence-electron chi connectivity index (χ1n) is 8.35. The molecule has 1 unspecified atom stereocenters. The van der Waals surface area contributed by atoms with Crippen LogP contribution in [0.2, 0.25) is 0 Å². The summed E-state index contributed by atoms with van der Waals surface area (Å²) < 4.78 is 10.3. The van der Waals surface area contributed by atoms with Crippen LogP contribution in [0.15, 0.2) is 24.3 Å². The molecular formula is C18H18N2O6S. The minimum Gasteiger partial charge on any atom is -0.495 e. The van der Waals surface area contributed by atoms with Crippen molar-refractivity contribution in [1.82, 2.24) is 0 Å². The molecule has 9 heteroatoms. The van der Waals surface area contributed by atoms with Gasteiger partial charge in [0.15, 0.2) is 6.10 Å². The molecule has 0 spiro atoms. The van der Waals surface area contributed by atoms with Gasteiger partial charge >= 0.3 is 5.97 Å². The summed E-state index contributed by atoms with van der Waals surface area (Å²) in [6.07, 6.45) is 1.95. The smallest absolute Gasteiger partial charge is 0.349 e. The number of hydrogen-bond donors (Lipinski definition) is 1. The number of esters is 1. The second-order valence-corrected chi connectivity index (χ2v) is 7.23. The zero-order chi connectivity index (χ0) is 19.6. The zero-order valence-electron chi connectivity index (χ0n) is 14.8. The number of nitro groups is 1. The minimum absolute atomic E-state index is 0.134. The number of benzene rings is 1. The van der Waals surface area contributed by atoms with Gasteiger partial charge in [-0.2, -0.15) is 0 Å². The number of nitro benzene ring substituents is 1. The number of amides is 1. The Morgan fingerprint density at radius 3 is 2.74 bits per heavy atom. The number of carbonyl (C=O) groups is 2. The molecule has 1 N–H and O–H groups in total. The standard InChI is InChI=1S/C18H18N2O6S/c1-10(26-18(22)16-8-11-4-3-5-15(11)27-16)17(21)19-13-9-12(20(23)24)6-7-14(13)25-2/h6-10H,3-5H2,1-2H3,(H,19,21). The number of carbonyl (C=O) groups excluding carboxylic acids is 2. The van der Waals surface area contributed by atoms with Gasteiger partial charge in [-0.25, -0.2) is 4.79 Å². The first-order chi connectivity index (χ1) is 12.9. The molecule has 1 aliphatic carbocycles. The molecule has 1 aromatic heterocycles. The van der Waals surface area contributed by atoms with Crippen LogP contribution in [0, 0.1) is 10.1 Å². The van der Waals surface area contributed by atoms with E-state index in [-0.39, 0.29) is 17.1 Å². The van der Waals surface area contributed by atoms with Gasteiger partial charge in [-0.3, -0.25) is 14.9 Å². The van der Waals surface area contributed by atoms with Gasteiger partial charge in [0.2, 0.25) is 0 Å². The van der Waals surface area contributed by atoms with Crippen LogP contribution in [-0.4, -0.2) is 30.0 Å². The second kappa shape index (κ2) is 7.75. The lowest BCUT2D eigenvalue weighted by molar-refractivity contribution is -0.384. The highest BCUT2D eigenvalue weighted by Gasteiger charge is 2.24. The molecule has 1 heterocycles. The van der Waals surface area contributed by atoms with Gasteiger partial charge in [0.05, 0.1) is 17.7 Å². The largest absolute Gasteiger partial charge is 0.495 e. The molecule has 0 fully saturated rings. The summed E-state index contributed by atoms with van der Waals surface area (Å²) in [7, 11) is 1.39. The first kappa shape index (κ1) is 18.8. The molecule has 1 aromatic carbocycles. The quantitative estimate of drug-likeness (QED) is 0.460. The predicted octanol–water partition coefficient (Wildman–Crippen LogP) is 3.34. The van der Waals surface area contributed by atoms with Gasteiger partial charge < -0.3 is 14.8 Å². The lowest BCUT2D eigenvalue weighted by Gasteiger charge is -2.14. The minimum atomic E-state index is -1.07. The fourth-order valence-corrected chi connectivity index (χ4v) is 3.98. The molecule has 0 radical (unpaired) electrons. The van der Waals surface area contributed by atoms with E-state index >= 15 is 0 Å². The third kappa shape index (κ3) is 4.08. The van der Waals surface area contributed by atoms with Crippen molar-refractivity contribution in [3.05, 3.63) is 49.7 Å². The van der Waals surface area contributed by atoms with E-state index in [9.17, 15) is 19.7 Å². The predicted molar refractivity (Wildman–Crippen MR) is 99.5 cm³/mol. The molecule has 3 rings (SSSR count). The van der Waals surface area contributed by atoms with Gasteiger partial charge in [0.1, 0.15) is 10.6 Å². The maximum absolute atomic E-state index is 12.4. The molecule has 1 atom stereocenters. The van der Waals surface area contributed by atoms with E-state index in [2.05, 4.69) is 5.32 Å². The van der Waals surface area contributed by atoms with Gasteiger partial charge in [0, 0.05) is 17.0 Å². The summed E-state index contributed by atoms with van der Waals surface area (Å²) in [5.74, 6) is -0.892. The van der Waals surface area contributed by atoms with E-state index in [0.717, 1.165) is 19.3 Å². The number of aryl methyl sites for hydroxylation is 2. The molecule has 2 aromatic rings. The van der Waals surface area contributed by atoms with E-state index in [1.54, 1.807) is 0 Å². The first-order valence-corrected chi connectivity index (χ1v) is 9.16. The lowest BCUT2D eigenvalue weighted by Crippen LogP contribution is -2.30. The van der Waals surface area contributed by atoms with Crippen LogP contribution in [-0.2, 0) is 22.4 Å². The molecular weight excluding hydrogens is 372 g/mol. The van der Waals surface area contributed by atoms with E-state index in [1.807, 2.05) is 6.07 Å². The van der Waals surface area contributed by atoms with Crippen molar-refractivity contribution >= 4 is 34.6 Å². The Morgan fingerprint density at radius 1 is 1.30 bits per heavy atom. The topological polar surface area (TPSA) is 108 Å². The SMILES string of the molecule is COc1ccc([N+](=O)[O-])cc1NC(=O)C(C)OC(=O)c1cc2c(s1)CCC2. The van der Waals surface area contributed by atoms with E-state index in [4.69, 9.17) is 9.47 Å². The number of nitrogens with one attached hydrogen (secondary N) is 1. The average Bonchev–Trinajstić information content (AvgIpc) is 3.23. The second-order valence-electron chi connectivity index (χ2n) is 6.09. The molecule has 0 saturated heterocycles. The highest BCUT2D eigenvalue weighted by Crippen LogP contribution is 2.31. The molecule has 0 bridgehead atoms. The summed E-state index contributed by atoms with van der Waals surface area (Å²) >= 11 is 1.40.